The van der Waals surface area contributed by atoms with Crippen molar-refractivity contribution in [2.45, 2.75) is 66.6 Å². The van der Waals surface area contributed by atoms with E-state index in [4.69, 9.17) is 0 Å². The predicted octanol–water partition coefficient (Wildman–Crippen LogP) is 3.71. The van der Waals surface area contributed by atoms with Crippen LogP contribution in [0.3, 0.4) is 0 Å². The van der Waals surface area contributed by atoms with Gasteiger partial charge in [-0.15, -0.1) is 0 Å². The summed E-state index contributed by atoms with van der Waals surface area (Å²) in [7, 11) is -3.75. The predicted molar refractivity (Wildman–Crippen MR) is 137 cm³/mol. The molecule has 0 heterocycles. The molecule has 0 saturated carbocycles. The zero-order chi connectivity index (χ0) is 25.6. The van der Waals surface area contributed by atoms with E-state index in [9.17, 15) is 18.0 Å². The molecular weight excluding hydrogens is 450 g/mol. The molecule has 0 aliphatic carbocycles. The van der Waals surface area contributed by atoms with Crippen molar-refractivity contribution >= 4 is 27.5 Å². The Morgan fingerprint density at radius 3 is 2.09 bits per heavy atom. The topological polar surface area (TPSA) is 86.8 Å². The molecular formula is C26H37N3O4S. The van der Waals surface area contributed by atoms with Gasteiger partial charge >= 0.3 is 0 Å². The fourth-order valence-corrected chi connectivity index (χ4v) is 4.81. The van der Waals surface area contributed by atoms with Gasteiger partial charge in [0.1, 0.15) is 12.6 Å². The van der Waals surface area contributed by atoms with Crippen LogP contribution in [0.15, 0.2) is 42.5 Å². The molecule has 0 aliphatic rings. The van der Waals surface area contributed by atoms with E-state index < -0.39 is 22.0 Å². The van der Waals surface area contributed by atoms with Crippen LogP contribution in [-0.2, 0) is 26.2 Å². The van der Waals surface area contributed by atoms with E-state index in [1.165, 1.54) is 4.90 Å². The van der Waals surface area contributed by atoms with Crippen LogP contribution in [-0.4, -0.2) is 50.0 Å². The number of hydrogen-bond donors (Lipinski definition) is 1. The fraction of sp³-hybridized carbons (Fsp3) is 0.462. The van der Waals surface area contributed by atoms with E-state index in [2.05, 4.69) is 5.32 Å². The van der Waals surface area contributed by atoms with Gasteiger partial charge in [-0.2, -0.15) is 0 Å². The standard InChI is InChI=1S/C26H37N3O4S/c1-8-24(26(31)27-18(2)3)28(16-22-12-10-9-11-21(22)6)25(30)17-29(34(7,32)33)23-14-19(4)13-20(5)15-23/h9-15,18,24H,8,16-17H2,1-7H3,(H,27,31). The first-order chi connectivity index (χ1) is 15.8. The Bertz CT molecular complexity index is 1110. The van der Waals surface area contributed by atoms with Crippen LogP contribution in [0, 0.1) is 20.8 Å². The highest BCUT2D eigenvalue weighted by Gasteiger charge is 2.32. The second-order valence-electron chi connectivity index (χ2n) is 9.15. The average molecular weight is 488 g/mol. The highest BCUT2D eigenvalue weighted by molar-refractivity contribution is 7.92. The molecule has 0 bridgehead atoms. The Kier molecular flexibility index (Phi) is 9.27. The van der Waals surface area contributed by atoms with E-state index >= 15 is 0 Å². The molecule has 0 fully saturated rings. The second kappa shape index (κ2) is 11.5. The van der Waals surface area contributed by atoms with Crippen molar-refractivity contribution in [3.8, 4) is 0 Å². The number of amides is 2. The molecule has 1 unspecified atom stereocenters. The summed E-state index contributed by atoms with van der Waals surface area (Å²) in [5.74, 6) is -0.685. The lowest BCUT2D eigenvalue weighted by Gasteiger charge is -2.33. The van der Waals surface area contributed by atoms with Crippen molar-refractivity contribution in [1.82, 2.24) is 10.2 Å². The Balaban J connectivity index is 2.49. The van der Waals surface area contributed by atoms with Crippen LogP contribution in [0.2, 0.25) is 0 Å². The zero-order valence-electron chi connectivity index (χ0n) is 21.3. The highest BCUT2D eigenvalue weighted by atomic mass is 32.2. The summed E-state index contributed by atoms with van der Waals surface area (Å²) in [5, 5.41) is 2.90. The molecule has 0 aliphatic heterocycles. The van der Waals surface area contributed by atoms with E-state index in [-0.39, 0.29) is 25.0 Å². The number of nitrogens with zero attached hydrogens (tertiary/aromatic N) is 2. The fourth-order valence-electron chi connectivity index (χ4n) is 3.98. The summed E-state index contributed by atoms with van der Waals surface area (Å²) in [6, 6.07) is 12.3. The minimum Gasteiger partial charge on any atom is -0.352 e. The minimum atomic E-state index is -3.75. The number of carbonyl (C=O) groups is 2. The van der Waals surface area contributed by atoms with Crippen LogP contribution in [0.25, 0.3) is 0 Å². The van der Waals surface area contributed by atoms with Gasteiger partial charge in [0.05, 0.1) is 11.9 Å². The van der Waals surface area contributed by atoms with E-state index in [1.54, 1.807) is 12.1 Å². The third-order valence-corrected chi connectivity index (χ3v) is 6.73. The van der Waals surface area contributed by atoms with E-state index in [0.717, 1.165) is 32.8 Å². The summed E-state index contributed by atoms with van der Waals surface area (Å²) in [6.45, 7) is 11.1. The Morgan fingerprint density at radius 2 is 1.59 bits per heavy atom. The maximum Gasteiger partial charge on any atom is 0.244 e. The Morgan fingerprint density at radius 1 is 1.00 bits per heavy atom. The third kappa shape index (κ3) is 7.32. The minimum absolute atomic E-state index is 0.0836. The molecule has 7 nitrogen and oxygen atoms in total. The number of benzene rings is 2. The van der Waals surface area contributed by atoms with Crippen molar-refractivity contribution in [2.24, 2.45) is 0 Å². The van der Waals surface area contributed by atoms with Gasteiger partial charge in [0, 0.05) is 12.6 Å². The van der Waals surface area contributed by atoms with E-state index in [0.29, 0.717) is 12.1 Å². The van der Waals surface area contributed by atoms with Gasteiger partial charge in [-0.3, -0.25) is 13.9 Å². The quantitative estimate of drug-likeness (QED) is 0.554. The van der Waals surface area contributed by atoms with E-state index in [1.807, 2.05) is 71.9 Å². The number of anilines is 1. The number of sulfonamides is 1. The van der Waals surface area contributed by atoms with Crippen molar-refractivity contribution in [1.29, 1.82) is 0 Å². The number of hydrogen-bond acceptors (Lipinski definition) is 4. The number of rotatable bonds is 10. The van der Waals surface area contributed by atoms with Gasteiger partial charge in [0.25, 0.3) is 0 Å². The number of nitrogens with one attached hydrogen (secondary N) is 1. The van der Waals surface area contributed by atoms with Gasteiger partial charge in [0.2, 0.25) is 21.8 Å². The molecule has 34 heavy (non-hydrogen) atoms. The molecule has 0 radical (unpaired) electrons. The van der Waals surface area contributed by atoms with Crippen molar-refractivity contribution in [3.05, 3.63) is 64.7 Å². The smallest absolute Gasteiger partial charge is 0.244 e. The first-order valence-corrected chi connectivity index (χ1v) is 13.4. The van der Waals surface area contributed by atoms with Crippen molar-refractivity contribution in [2.75, 3.05) is 17.1 Å². The highest BCUT2D eigenvalue weighted by Crippen LogP contribution is 2.23. The Labute approximate surface area is 204 Å². The molecule has 0 saturated heterocycles. The van der Waals surface area contributed by atoms with Gasteiger partial charge in [-0.05, 0) is 75.4 Å². The maximum atomic E-state index is 13.7. The lowest BCUT2D eigenvalue weighted by Crippen LogP contribution is -2.53. The largest absolute Gasteiger partial charge is 0.352 e. The summed E-state index contributed by atoms with van der Waals surface area (Å²) in [5.41, 5.74) is 4.13. The molecule has 1 atom stereocenters. The third-order valence-electron chi connectivity index (χ3n) is 5.59. The van der Waals surface area contributed by atoms with Crippen LogP contribution in [0.4, 0.5) is 5.69 Å². The molecule has 186 valence electrons. The van der Waals surface area contributed by atoms with Gasteiger partial charge in [-0.1, -0.05) is 37.3 Å². The van der Waals surface area contributed by atoms with Gasteiger partial charge in [0.15, 0.2) is 0 Å². The summed E-state index contributed by atoms with van der Waals surface area (Å²) >= 11 is 0. The van der Waals surface area contributed by atoms with Crippen LogP contribution >= 0.6 is 0 Å². The zero-order valence-corrected chi connectivity index (χ0v) is 22.1. The normalized spacial score (nSPS) is 12.4. The SMILES string of the molecule is CCC(C(=O)NC(C)C)N(Cc1ccccc1C)C(=O)CN(c1cc(C)cc(C)c1)S(C)(=O)=O. The first kappa shape index (κ1) is 27.4. The molecule has 2 rings (SSSR count). The van der Waals surface area contributed by atoms with Crippen LogP contribution in [0.1, 0.15) is 49.4 Å². The first-order valence-electron chi connectivity index (χ1n) is 11.5. The van der Waals surface area contributed by atoms with Gasteiger partial charge in [-0.25, -0.2) is 8.42 Å². The maximum absolute atomic E-state index is 13.7. The molecule has 8 heteroatoms. The summed E-state index contributed by atoms with van der Waals surface area (Å²) in [4.78, 5) is 28.2. The molecule has 2 aromatic rings. The number of carbonyl (C=O) groups excluding carboxylic acids is 2. The molecule has 0 spiro atoms. The lowest BCUT2D eigenvalue weighted by molar-refractivity contribution is -0.140. The lowest BCUT2D eigenvalue weighted by atomic mass is 10.1. The second-order valence-corrected chi connectivity index (χ2v) is 11.1. The molecule has 2 aromatic carbocycles. The van der Waals surface area contributed by atoms with Gasteiger partial charge < -0.3 is 10.2 Å². The Hall–Kier alpha value is -2.87. The average Bonchev–Trinajstić information content (AvgIpc) is 2.70. The summed E-state index contributed by atoms with van der Waals surface area (Å²) in [6.07, 6.45) is 1.49. The molecule has 0 aromatic heterocycles. The monoisotopic (exact) mass is 487 g/mol. The molecule has 1 N–H and O–H groups in total. The number of aryl methyl sites for hydroxylation is 3. The summed E-state index contributed by atoms with van der Waals surface area (Å²) < 4.78 is 26.6. The van der Waals surface area contributed by atoms with Crippen molar-refractivity contribution in [3.63, 3.8) is 0 Å². The van der Waals surface area contributed by atoms with Crippen LogP contribution < -0.4 is 9.62 Å². The van der Waals surface area contributed by atoms with Crippen molar-refractivity contribution < 1.29 is 18.0 Å². The molecule has 2 amide bonds. The van der Waals surface area contributed by atoms with Crippen LogP contribution in [0.5, 0.6) is 0 Å².